The summed E-state index contributed by atoms with van der Waals surface area (Å²) in [7, 11) is 0. The van der Waals surface area contributed by atoms with Gasteiger partial charge in [-0.25, -0.2) is 14.2 Å². The van der Waals surface area contributed by atoms with Crippen LogP contribution in [0.3, 0.4) is 0 Å². The van der Waals surface area contributed by atoms with Crippen LogP contribution >= 0.6 is 0 Å². The topological polar surface area (TPSA) is 43.6 Å². The zero-order valence-corrected chi connectivity index (χ0v) is 17.7. The fraction of sp³-hybridized carbons (Fsp3) is 0.154. The summed E-state index contributed by atoms with van der Waals surface area (Å²) in [6.07, 6.45) is 0.958. The molecule has 31 heavy (non-hydrogen) atoms. The summed E-state index contributed by atoms with van der Waals surface area (Å²) >= 11 is 0. The van der Waals surface area contributed by atoms with E-state index >= 15 is 0 Å². The van der Waals surface area contributed by atoms with E-state index in [0.717, 1.165) is 16.8 Å². The number of halogens is 1. The summed E-state index contributed by atoms with van der Waals surface area (Å²) in [6.45, 7) is 5.37. The number of hydrogen-bond donors (Lipinski definition) is 0. The molecule has 4 rings (SSSR count). The molecular weight excluding hydrogens is 391 g/mol. The van der Waals surface area contributed by atoms with Gasteiger partial charge in [0.15, 0.2) is 0 Å². The van der Waals surface area contributed by atoms with E-state index < -0.39 is 17.5 Å². The maximum atomic E-state index is 14.9. The number of fused-ring (bicyclic) bond motifs is 1. The van der Waals surface area contributed by atoms with Crippen LogP contribution in [-0.4, -0.2) is 22.0 Å². The molecule has 0 atom stereocenters. The quantitative estimate of drug-likeness (QED) is 0.349. The highest BCUT2D eigenvalue weighted by Crippen LogP contribution is 2.28. The van der Waals surface area contributed by atoms with E-state index in [1.165, 1.54) is 16.8 Å². The van der Waals surface area contributed by atoms with Crippen molar-refractivity contribution in [1.82, 2.24) is 4.57 Å². The van der Waals surface area contributed by atoms with Gasteiger partial charge < -0.3 is 4.74 Å². The van der Waals surface area contributed by atoms with E-state index in [9.17, 15) is 9.18 Å². The van der Waals surface area contributed by atoms with Crippen LogP contribution in [0.15, 0.2) is 90.1 Å². The van der Waals surface area contributed by atoms with Crippen LogP contribution in [0.25, 0.3) is 10.9 Å². The van der Waals surface area contributed by atoms with E-state index in [0.29, 0.717) is 16.6 Å². The molecule has 4 nitrogen and oxygen atoms in total. The van der Waals surface area contributed by atoms with Crippen LogP contribution in [0.5, 0.6) is 0 Å². The number of carbonyl (C=O) groups excluding carboxylic acids is 1. The zero-order chi connectivity index (χ0) is 22.0. The van der Waals surface area contributed by atoms with Crippen LogP contribution < -0.4 is 0 Å². The summed E-state index contributed by atoms with van der Waals surface area (Å²) in [4.78, 5) is 17.4. The van der Waals surface area contributed by atoms with Gasteiger partial charge in [-0.1, -0.05) is 60.7 Å². The van der Waals surface area contributed by atoms with Crippen molar-refractivity contribution in [3.63, 3.8) is 0 Å². The van der Waals surface area contributed by atoms with Crippen molar-refractivity contribution in [1.29, 1.82) is 0 Å². The number of aromatic nitrogens is 1. The van der Waals surface area contributed by atoms with Gasteiger partial charge in [0.25, 0.3) is 0 Å². The number of nitrogens with zero attached hydrogens (tertiary/aromatic N) is 2. The first-order valence-corrected chi connectivity index (χ1v) is 10.1. The highest BCUT2D eigenvalue weighted by atomic mass is 19.1. The Morgan fingerprint density at radius 2 is 1.48 bits per heavy atom. The molecule has 1 heterocycles. The molecule has 3 aromatic carbocycles. The van der Waals surface area contributed by atoms with Gasteiger partial charge in [-0.2, -0.15) is 0 Å². The molecule has 0 spiro atoms. The number of hydrogen-bond acceptors (Lipinski definition) is 3. The number of aliphatic imine (C=N–C) groups is 1. The number of rotatable bonds is 3. The predicted molar refractivity (Wildman–Crippen MR) is 122 cm³/mol. The Kier molecular flexibility index (Phi) is 5.42. The first kappa shape index (κ1) is 20.5. The number of benzene rings is 3. The molecule has 0 saturated heterocycles. The normalized spacial score (nSPS) is 11.4. The molecule has 0 N–H and O–H groups in total. The lowest BCUT2D eigenvalue weighted by atomic mass is 10.0. The lowest BCUT2D eigenvalue weighted by Gasteiger charge is -2.19. The zero-order valence-electron chi connectivity index (χ0n) is 17.7. The molecule has 0 amide bonds. The second-order valence-corrected chi connectivity index (χ2v) is 8.22. The van der Waals surface area contributed by atoms with Crippen molar-refractivity contribution in [3.8, 4) is 0 Å². The van der Waals surface area contributed by atoms with E-state index in [1.54, 1.807) is 32.9 Å². The minimum absolute atomic E-state index is 0.339. The summed E-state index contributed by atoms with van der Waals surface area (Å²) in [6, 6.07) is 24.1. The standard InChI is InChI=1S/C26H23FN2O2/c1-26(2,3)31-25(30)29-15-14-21-22(27)16-20(17-23(21)29)28-24(18-10-6-4-7-11-18)19-12-8-5-9-13-19/h4-17H,1-3H3. The molecule has 0 unspecified atom stereocenters. The molecule has 0 saturated carbocycles. The van der Waals surface area contributed by atoms with Crippen molar-refractivity contribution >= 4 is 28.4 Å². The van der Waals surface area contributed by atoms with Gasteiger partial charge in [0.2, 0.25) is 0 Å². The van der Waals surface area contributed by atoms with Gasteiger partial charge in [0.1, 0.15) is 11.4 Å². The molecule has 4 aromatic rings. The van der Waals surface area contributed by atoms with Crippen molar-refractivity contribution in [2.24, 2.45) is 4.99 Å². The van der Waals surface area contributed by atoms with E-state index in [-0.39, 0.29) is 0 Å². The molecule has 0 radical (unpaired) electrons. The van der Waals surface area contributed by atoms with E-state index in [2.05, 4.69) is 0 Å². The predicted octanol–water partition coefficient (Wildman–Crippen LogP) is 6.73. The first-order chi connectivity index (χ1) is 14.8. The van der Waals surface area contributed by atoms with Gasteiger partial charge in [0.05, 0.1) is 16.9 Å². The van der Waals surface area contributed by atoms with Crippen molar-refractivity contribution in [3.05, 3.63) is 102 Å². The molecule has 0 fully saturated rings. The largest absolute Gasteiger partial charge is 0.443 e. The second kappa shape index (κ2) is 8.19. The van der Waals surface area contributed by atoms with E-state index in [1.807, 2.05) is 60.7 Å². The molecule has 156 valence electrons. The molecule has 1 aromatic heterocycles. The Morgan fingerprint density at radius 3 is 2.03 bits per heavy atom. The van der Waals surface area contributed by atoms with Crippen LogP contribution in [0.1, 0.15) is 31.9 Å². The van der Waals surface area contributed by atoms with Gasteiger partial charge >= 0.3 is 6.09 Å². The molecule has 0 aliphatic heterocycles. The fourth-order valence-electron chi connectivity index (χ4n) is 3.33. The van der Waals surface area contributed by atoms with Crippen LogP contribution in [0.2, 0.25) is 0 Å². The lowest BCUT2D eigenvalue weighted by Crippen LogP contribution is -2.26. The third-order valence-electron chi connectivity index (χ3n) is 4.67. The van der Waals surface area contributed by atoms with Gasteiger partial charge in [-0.3, -0.25) is 4.57 Å². The maximum absolute atomic E-state index is 14.9. The third-order valence-corrected chi connectivity index (χ3v) is 4.67. The Labute approximate surface area is 180 Å². The Hall–Kier alpha value is -3.73. The summed E-state index contributed by atoms with van der Waals surface area (Å²) in [5.74, 6) is -0.445. The SMILES string of the molecule is CC(C)(C)OC(=O)n1ccc2c(F)cc(N=C(c3ccccc3)c3ccccc3)cc21. The highest BCUT2D eigenvalue weighted by Gasteiger charge is 2.20. The minimum atomic E-state index is -0.657. The molecule has 0 bridgehead atoms. The molecular formula is C26H23FN2O2. The Balaban J connectivity index is 1.85. The van der Waals surface area contributed by atoms with Crippen LogP contribution in [-0.2, 0) is 4.74 Å². The van der Waals surface area contributed by atoms with Crippen molar-refractivity contribution in [2.75, 3.05) is 0 Å². The minimum Gasteiger partial charge on any atom is -0.443 e. The molecule has 0 aliphatic rings. The Bertz CT molecular complexity index is 1210. The average Bonchev–Trinajstić information content (AvgIpc) is 3.17. The Morgan fingerprint density at radius 1 is 0.903 bits per heavy atom. The summed E-state index contributed by atoms with van der Waals surface area (Å²) in [5.41, 5.74) is 2.71. The third kappa shape index (κ3) is 4.56. The van der Waals surface area contributed by atoms with Crippen molar-refractivity contribution in [2.45, 2.75) is 26.4 Å². The molecule has 0 aliphatic carbocycles. The average molecular weight is 414 g/mol. The fourth-order valence-corrected chi connectivity index (χ4v) is 3.33. The van der Waals surface area contributed by atoms with Crippen LogP contribution in [0, 0.1) is 5.82 Å². The summed E-state index contributed by atoms with van der Waals surface area (Å²) < 4.78 is 21.7. The van der Waals surface area contributed by atoms with Crippen molar-refractivity contribution < 1.29 is 13.9 Å². The molecule has 5 heteroatoms. The highest BCUT2D eigenvalue weighted by molar-refractivity contribution is 6.14. The van der Waals surface area contributed by atoms with E-state index in [4.69, 9.17) is 9.73 Å². The number of ether oxygens (including phenoxy) is 1. The second-order valence-electron chi connectivity index (χ2n) is 8.22. The maximum Gasteiger partial charge on any atom is 0.418 e. The van der Waals surface area contributed by atoms with Gasteiger partial charge in [-0.15, -0.1) is 0 Å². The van der Waals surface area contributed by atoms with Gasteiger partial charge in [0, 0.05) is 28.8 Å². The van der Waals surface area contributed by atoms with Crippen LogP contribution in [0.4, 0.5) is 14.9 Å². The number of carbonyl (C=O) groups is 1. The summed E-state index contributed by atoms with van der Waals surface area (Å²) in [5, 5.41) is 0.339. The van der Waals surface area contributed by atoms with Gasteiger partial charge in [-0.05, 0) is 32.9 Å². The lowest BCUT2D eigenvalue weighted by molar-refractivity contribution is 0.0544. The first-order valence-electron chi connectivity index (χ1n) is 10.1. The monoisotopic (exact) mass is 414 g/mol. The smallest absolute Gasteiger partial charge is 0.418 e.